The van der Waals surface area contributed by atoms with Crippen LogP contribution in [0.5, 0.6) is 0 Å². The molecule has 0 radical (unpaired) electrons. The highest BCUT2D eigenvalue weighted by Crippen LogP contribution is 2.26. The topological polar surface area (TPSA) is 50.7 Å². The highest BCUT2D eigenvalue weighted by atomic mass is 79.9. The molecule has 1 rings (SSSR count). The van der Waals surface area contributed by atoms with Gasteiger partial charge < -0.3 is 0 Å². The molecule has 1 aromatic carbocycles. The van der Waals surface area contributed by atoms with Crippen molar-refractivity contribution >= 4 is 27.3 Å². The lowest BCUT2D eigenvalue weighted by Crippen LogP contribution is -1.95. The maximum absolute atomic E-state index is 10.1. The predicted octanol–water partition coefficient (Wildman–Crippen LogP) is 2.82. The van der Waals surface area contributed by atoms with Gasteiger partial charge in [-0.05, 0) is 39.3 Å². The fourth-order valence-corrected chi connectivity index (χ4v) is 1.20. The van der Waals surface area contributed by atoms with Crippen molar-refractivity contribution in [2.75, 3.05) is 12.6 Å². The molecule has 0 spiro atoms. The number of hydrogen-bond acceptors (Lipinski definition) is 4. The third-order valence-electron chi connectivity index (χ3n) is 1.27. The zero-order valence-electron chi connectivity index (χ0n) is 6.37. The van der Waals surface area contributed by atoms with E-state index in [1.54, 1.807) is 18.2 Å². The van der Waals surface area contributed by atoms with E-state index in [1.165, 1.54) is 7.11 Å². The number of hydrogen-bond donors (Lipinski definition) is 1. The molecule has 5 heteroatoms. The second-order valence-corrected chi connectivity index (χ2v) is 2.92. The monoisotopic (exact) mass is 230 g/mol. The molecule has 0 aliphatic carbocycles. The molecule has 0 bridgehead atoms. The van der Waals surface area contributed by atoms with Gasteiger partial charge in [-0.3, -0.25) is 10.3 Å². The van der Waals surface area contributed by atoms with E-state index in [0.29, 0.717) is 5.69 Å². The predicted molar refractivity (Wildman–Crippen MR) is 50.2 cm³/mol. The zero-order valence-corrected chi connectivity index (χ0v) is 7.96. The minimum atomic E-state index is 0.378. The lowest BCUT2D eigenvalue weighted by atomic mass is 10.3. The Morgan fingerprint density at radius 2 is 2.33 bits per heavy atom. The highest BCUT2D eigenvalue weighted by Gasteiger charge is 1.99. The number of benzene rings is 1. The number of nitrogens with zero attached hydrogens (tertiary/aromatic N) is 1. The maximum atomic E-state index is 10.1. The second-order valence-electron chi connectivity index (χ2n) is 2.06. The molecular weight excluding hydrogens is 224 g/mol. The van der Waals surface area contributed by atoms with Gasteiger partial charge in [0, 0.05) is 4.47 Å². The van der Waals surface area contributed by atoms with Crippen LogP contribution in [0.25, 0.3) is 0 Å². The Morgan fingerprint density at radius 3 is 2.83 bits per heavy atom. The van der Waals surface area contributed by atoms with E-state index < -0.39 is 0 Å². The summed E-state index contributed by atoms with van der Waals surface area (Å²) < 4.78 is 0.737. The van der Waals surface area contributed by atoms with E-state index >= 15 is 0 Å². The van der Waals surface area contributed by atoms with Gasteiger partial charge in [-0.1, -0.05) is 0 Å². The summed E-state index contributed by atoms with van der Waals surface area (Å²) in [4.78, 5) is 14.8. The van der Waals surface area contributed by atoms with Crippen LogP contribution in [0.4, 0.5) is 11.4 Å². The molecule has 12 heavy (non-hydrogen) atoms. The van der Waals surface area contributed by atoms with E-state index in [-0.39, 0.29) is 0 Å². The molecule has 1 N–H and O–H groups in total. The molecule has 0 saturated heterocycles. The van der Waals surface area contributed by atoms with E-state index in [2.05, 4.69) is 26.6 Å². The van der Waals surface area contributed by atoms with E-state index in [1.807, 2.05) is 0 Å². The summed E-state index contributed by atoms with van der Waals surface area (Å²) in [5.74, 6) is 0. The lowest BCUT2D eigenvalue weighted by molar-refractivity contribution is 0.271. The first-order valence-electron chi connectivity index (χ1n) is 3.20. The Morgan fingerprint density at radius 1 is 1.58 bits per heavy atom. The van der Waals surface area contributed by atoms with Crippen molar-refractivity contribution in [3.63, 3.8) is 0 Å². The Kier molecular flexibility index (Phi) is 3.19. The van der Waals surface area contributed by atoms with Gasteiger partial charge in [-0.15, -0.1) is 4.91 Å². The van der Waals surface area contributed by atoms with Crippen molar-refractivity contribution in [2.24, 2.45) is 5.18 Å². The van der Waals surface area contributed by atoms with Gasteiger partial charge in [-0.2, -0.15) is 0 Å². The number of anilines is 1. The summed E-state index contributed by atoms with van der Waals surface area (Å²) in [6, 6.07) is 4.90. The lowest BCUT2D eigenvalue weighted by Gasteiger charge is -2.04. The molecule has 0 fully saturated rings. The van der Waals surface area contributed by atoms with Crippen LogP contribution in [-0.2, 0) is 4.84 Å². The highest BCUT2D eigenvalue weighted by molar-refractivity contribution is 9.10. The Labute approximate surface area is 78.0 Å². The molecule has 0 saturated carbocycles. The van der Waals surface area contributed by atoms with Crippen LogP contribution in [0.15, 0.2) is 27.8 Å². The van der Waals surface area contributed by atoms with Gasteiger partial charge in [0.1, 0.15) is 5.69 Å². The average molecular weight is 231 g/mol. The molecule has 0 amide bonds. The Bertz CT molecular complexity index is 291. The quantitative estimate of drug-likeness (QED) is 0.642. The summed E-state index contributed by atoms with van der Waals surface area (Å²) in [7, 11) is 1.51. The maximum Gasteiger partial charge on any atom is 0.109 e. The van der Waals surface area contributed by atoms with Crippen LogP contribution in [0.2, 0.25) is 0 Å². The van der Waals surface area contributed by atoms with Crippen molar-refractivity contribution in [1.29, 1.82) is 0 Å². The molecule has 0 aliphatic rings. The van der Waals surface area contributed by atoms with Crippen LogP contribution in [0.1, 0.15) is 0 Å². The molecule has 0 aromatic heterocycles. The first-order valence-corrected chi connectivity index (χ1v) is 3.99. The van der Waals surface area contributed by atoms with Crippen LogP contribution in [-0.4, -0.2) is 7.11 Å². The largest absolute Gasteiger partial charge is 0.279 e. The Balaban J connectivity index is 2.94. The first kappa shape index (κ1) is 9.15. The van der Waals surface area contributed by atoms with Crippen molar-refractivity contribution in [1.82, 2.24) is 0 Å². The van der Waals surface area contributed by atoms with Crippen molar-refractivity contribution in [3.05, 3.63) is 27.6 Å². The van der Waals surface area contributed by atoms with Crippen LogP contribution in [0, 0.1) is 4.91 Å². The van der Waals surface area contributed by atoms with Gasteiger partial charge in [0.15, 0.2) is 0 Å². The van der Waals surface area contributed by atoms with E-state index in [4.69, 9.17) is 4.84 Å². The molecule has 4 nitrogen and oxygen atoms in total. The number of nitrogens with one attached hydrogen (secondary N) is 1. The van der Waals surface area contributed by atoms with Crippen molar-refractivity contribution in [2.45, 2.75) is 0 Å². The zero-order chi connectivity index (χ0) is 8.97. The standard InChI is InChI=1S/C7H7BrN2O2/c1-12-10-7-3-2-5(9-11)4-6(7)8/h2-4,10H,1H3. The third-order valence-corrected chi connectivity index (χ3v) is 1.93. The average Bonchev–Trinajstić information content (AvgIpc) is 2.09. The molecule has 0 heterocycles. The summed E-state index contributed by atoms with van der Waals surface area (Å²) in [5.41, 5.74) is 3.77. The SMILES string of the molecule is CONc1ccc(N=O)cc1Br. The van der Waals surface area contributed by atoms with Crippen LogP contribution < -0.4 is 5.48 Å². The number of halogens is 1. The summed E-state index contributed by atoms with van der Waals surface area (Å²) in [6.07, 6.45) is 0. The minimum absolute atomic E-state index is 0.378. The number of nitroso groups, excluding NO2 is 1. The third kappa shape index (κ3) is 2.02. The molecule has 0 aliphatic heterocycles. The smallest absolute Gasteiger partial charge is 0.109 e. The molecule has 0 atom stereocenters. The summed E-state index contributed by atoms with van der Waals surface area (Å²) in [6.45, 7) is 0. The van der Waals surface area contributed by atoms with Crippen LogP contribution in [0.3, 0.4) is 0 Å². The Hall–Kier alpha value is -0.940. The molecule has 1 aromatic rings. The fraction of sp³-hybridized carbons (Fsp3) is 0.143. The van der Waals surface area contributed by atoms with Gasteiger partial charge >= 0.3 is 0 Å². The van der Waals surface area contributed by atoms with Gasteiger partial charge in [0.25, 0.3) is 0 Å². The normalized spacial score (nSPS) is 9.50. The van der Waals surface area contributed by atoms with Gasteiger partial charge in [0.2, 0.25) is 0 Å². The molecular formula is C7H7BrN2O2. The van der Waals surface area contributed by atoms with Gasteiger partial charge in [-0.25, -0.2) is 0 Å². The summed E-state index contributed by atoms with van der Waals surface area (Å²) in [5, 5.41) is 2.78. The number of rotatable bonds is 3. The van der Waals surface area contributed by atoms with Crippen LogP contribution >= 0.6 is 15.9 Å². The minimum Gasteiger partial charge on any atom is -0.279 e. The van der Waals surface area contributed by atoms with Gasteiger partial charge in [0.05, 0.1) is 12.8 Å². The second kappa shape index (κ2) is 4.18. The van der Waals surface area contributed by atoms with Crippen molar-refractivity contribution < 1.29 is 4.84 Å². The van der Waals surface area contributed by atoms with E-state index in [9.17, 15) is 4.91 Å². The summed E-state index contributed by atoms with van der Waals surface area (Å²) >= 11 is 3.25. The fourth-order valence-electron chi connectivity index (χ4n) is 0.754. The van der Waals surface area contributed by atoms with Crippen molar-refractivity contribution in [3.8, 4) is 0 Å². The molecule has 64 valence electrons. The van der Waals surface area contributed by atoms with E-state index in [0.717, 1.165) is 10.2 Å². The molecule has 0 unspecified atom stereocenters. The first-order chi connectivity index (χ1) is 5.77.